The van der Waals surface area contributed by atoms with E-state index in [2.05, 4.69) is 0 Å². The second-order valence-electron chi connectivity index (χ2n) is 5.33. The number of ether oxygens (including phenoxy) is 1. The molecule has 0 bridgehead atoms. The zero-order chi connectivity index (χ0) is 13.0. The number of rotatable bonds is 0. The van der Waals surface area contributed by atoms with Crippen molar-refractivity contribution in [1.82, 2.24) is 0 Å². The van der Waals surface area contributed by atoms with Crippen LogP contribution in [-0.4, -0.2) is 33.3 Å². The standard InChI is InChI=1S/C14H16O4/c1-13-8-4-7-11(15)14(13,17)12(16)9-5-2-3-6-10(9)18-13/h2-3,5-6,11,15,17H,4,7-8H2,1H3/t11-,13-,14+/m0/s1. The molecule has 3 atom stereocenters. The molecule has 1 saturated carbocycles. The van der Waals surface area contributed by atoms with Gasteiger partial charge in [-0.25, -0.2) is 0 Å². The molecule has 4 heteroatoms. The first-order valence-electron chi connectivity index (χ1n) is 6.22. The van der Waals surface area contributed by atoms with Gasteiger partial charge in [0.15, 0.2) is 5.60 Å². The van der Waals surface area contributed by atoms with Crippen LogP contribution in [0.25, 0.3) is 0 Å². The highest BCUT2D eigenvalue weighted by Crippen LogP contribution is 2.47. The fourth-order valence-electron chi connectivity index (χ4n) is 3.10. The van der Waals surface area contributed by atoms with Gasteiger partial charge in [-0.1, -0.05) is 12.1 Å². The molecule has 18 heavy (non-hydrogen) atoms. The number of aliphatic hydroxyl groups is 2. The van der Waals surface area contributed by atoms with E-state index in [9.17, 15) is 15.0 Å². The third-order valence-corrected chi connectivity index (χ3v) is 4.23. The van der Waals surface area contributed by atoms with E-state index in [1.165, 1.54) is 0 Å². The second-order valence-corrected chi connectivity index (χ2v) is 5.33. The summed E-state index contributed by atoms with van der Waals surface area (Å²) in [7, 11) is 0. The maximum absolute atomic E-state index is 12.5. The van der Waals surface area contributed by atoms with Crippen LogP contribution in [0.1, 0.15) is 36.5 Å². The molecule has 0 saturated heterocycles. The summed E-state index contributed by atoms with van der Waals surface area (Å²) in [6, 6.07) is 6.86. The van der Waals surface area contributed by atoms with Crippen LogP contribution < -0.4 is 4.74 Å². The van der Waals surface area contributed by atoms with Gasteiger partial charge in [0.05, 0.1) is 11.7 Å². The molecule has 0 spiro atoms. The zero-order valence-electron chi connectivity index (χ0n) is 10.2. The molecule has 0 aromatic heterocycles. The van der Waals surface area contributed by atoms with Crippen molar-refractivity contribution in [2.75, 3.05) is 0 Å². The van der Waals surface area contributed by atoms with Crippen LogP contribution in [-0.2, 0) is 0 Å². The summed E-state index contributed by atoms with van der Waals surface area (Å²) in [6.45, 7) is 1.70. The Labute approximate surface area is 105 Å². The van der Waals surface area contributed by atoms with Crippen LogP contribution in [0, 0.1) is 0 Å². The lowest BCUT2D eigenvalue weighted by atomic mass is 9.66. The lowest BCUT2D eigenvalue weighted by Gasteiger charge is -2.52. The number of hydrogen-bond donors (Lipinski definition) is 2. The number of Topliss-reactive ketones (excluding diaryl/α,β-unsaturated/α-hetero) is 1. The van der Waals surface area contributed by atoms with Crippen molar-refractivity contribution in [1.29, 1.82) is 0 Å². The highest BCUT2D eigenvalue weighted by atomic mass is 16.5. The lowest BCUT2D eigenvalue weighted by Crippen LogP contribution is -2.70. The van der Waals surface area contributed by atoms with Crippen molar-refractivity contribution in [3.63, 3.8) is 0 Å². The number of ketones is 1. The van der Waals surface area contributed by atoms with Crippen molar-refractivity contribution in [2.24, 2.45) is 0 Å². The smallest absolute Gasteiger partial charge is 0.204 e. The maximum Gasteiger partial charge on any atom is 0.204 e. The molecule has 1 aliphatic carbocycles. The Balaban J connectivity index is 2.19. The quantitative estimate of drug-likeness (QED) is 0.726. The molecule has 1 aromatic carbocycles. The van der Waals surface area contributed by atoms with Crippen LogP contribution in [0.15, 0.2) is 24.3 Å². The number of aliphatic hydroxyl groups excluding tert-OH is 1. The van der Waals surface area contributed by atoms with Crippen LogP contribution in [0.3, 0.4) is 0 Å². The fraction of sp³-hybridized carbons (Fsp3) is 0.500. The van der Waals surface area contributed by atoms with Crippen molar-refractivity contribution < 1.29 is 19.7 Å². The first kappa shape index (κ1) is 11.7. The first-order valence-corrected chi connectivity index (χ1v) is 6.22. The molecule has 1 aliphatic heterocycles. The summed E-state index contributed by atoms with van der Waals surface area (Å²) in [5.74, 6) is 0.0582. The molecule has 0 unspecified atom stereocenters. The molecule has 0 amide bonds. The van der Waals surface area contributed by atoms with Crippen molar-refractivity contribution in [2.45, 2.75) is 43.5 Å². The van der Waals surface area contributed by atoms with Gasteiger partial charge < -0.3 is 14.9 Å². The molecule has 0 radical (unpaired) electrons. The van der Waals surface area contributed by atoms with Gasteiger partial charge in [0.25, 0.3) is 0 Å². The Morgan fingerprint density at radius 1 is 1.39 bits per heavy atom. The van der Waals surface area contributed by atoms with Crippen molar-refractivity contribution in [3.8, 4) is 5.75 Å². The van der Waals surface area contributed by atoms with Crippen LogP contribution >= 0.6 is 0 Å². The van der Waals surface area contributed by atoms with Gasteiger partial charge in [-0.3, -0.25) is 4.79 Å². The minimum atomic E-state index is -1.83. The van der Waals surface area contributed by atoms with Crippen molar-refractivity contribution >= 4 is 5.78 Å². The van der Waals surface area contributed by atoms with Crippen LogP contribution in [0.5, 0.6) is 5.75 Å². The molecule has 96 valence electrons. The van der Waals surface area contributed by atoms with E-state index in [-0.39, 0.29) is 0 Å². The Morgan fingerprint density at radius 2 is 2.11 bits per heavy atom. The predicted molar refractivity (Wildman–Crippen MR) is 64.6 cm³/mol. The zero-order valence-corrected chi connectivity index (χ0v) is 10.2. The van der Waals surface area contributed by atoms with Gasteiger partial charge in [0.2, 0.25) is 5.78 Å². The van der Waals surface area contributed by atoms with Gasteiger partial charge in [0, 0.05) is 0 Å². The van der Waals surface area contributed by atoms with Gasteiger partial charge in [-0.15, -0.1) is 0 Å². The molecule has 2 aliphatic rings. The van der Waals surface area contributed by atoms with Gasteiger partial charge >= 0.3 is 0 Å². The monoisotopic (exact) mass is 248 g/mol. The minimum Gasteiger partial charge on any atom is -0.483 e. The number of hydrogen-bond acceptors (Lipinski definition) is 4. The van der Waals surface area contributed by atoms with E-state index in [1.54, 1.807) is 31.2 Å². The largest absolute Gasteiger partial charge is 0.483 e. The molecule has 4 nitrogen and oxygen atoms in total. The second kappa shape index (κ2) is 3.56. The molecule has 1 heterocycles. The van der Waals surface area contributed by atoms with E-state index in [1.807, 2.05) is 0 Å². The Bertz CT molecular complexity index is 512. The highest BCUT2D eigenvalue weighted by molar-refractivity contribution is 6.07. The van der Waals surface area contributed by atoms with Crippen LogP contribution in [0.2, 0.25) is 0 Å². The summed E-state index contributed by atoms with van der Waals surface area (Å²) in [6.07, 6.45) is 0.636. The summed E-state index contributed by atoms with van der Waals surface area (Å²) < 4.78 is 5.84. The number of fused-ring (bicyclic) bond motifs is 2. The van der Waals surface area contributed by atoms with E-state index < -0.39 is 23.1 Å². The fourth-order valence-corrected chi connectivity index (χ4v) is 3.10. The number of carbonyl (C=O) groups excluding carboxylic acids is 1. The Morgan fingerprint density at radius 3 is 2.89 bits per heavy atom. The minimum absolute atomic E-state index is 0.346. The SMILES string of the molecule is C[C@]12CCC[C@H](O)[C@@]1(O)C(=O)c1ccccc1O2. The number of carbonyl (C=O) groups is 1. The van der Waals surface area contributed by atoms with Crippen LogP contribution in [0.4, 0.5) is 0 Å². The molecule has 3 rings (SSSR count). The van der Waals surface area contributed by atoms with Gasteiger partial charge in [-0.2, -0.15) is 0 Å². The molecule has 1 fully saturated rings. The summed E-state index contributed by atoms with van der Waals surface area (Å²) in [5.41, 5.74) is -2.53. The topological polar surface area (TPSA) is 66.8 Å². The summed E-state index contributed by atoms with van der Waals surface area (Å²) >= 11 is 0. The summed E-state index contributed by atoms with van der Waals surface area (Å²) in [5, 5.41) is 20.8. The van der Waals surface area contributed by atoms with Gasteiger partial charge in [0.1, 0.15) is 11.4 Å². The van der Waals surface area contributed by atoms with E-state index >= 15 is 0 Å². The average molecular weight is 248 g/mol. The van der Waals surface area contributed by atoms with Crippen molar-refractivity contribution in [3.05, 3.63) is 29.8 Å². The molecular weight excluding hydrogens is 232 g/mol. The Hall–Kier alpha value is -1.39. The molecular formula is C14H16O4. The Kier molecular flexibility index (Phi) is 2.31. The van der Waals surface area contributed by atoms with E-state index in [0.717, 1.165) is 6.42 Å². The van der Waals surface area contributed by atoms with E-state index in [4.69, 9.17) is 4.74 Å². The molecule has 2 N–H and O–H groups in total. The average Bonchev–Trinajstić information content (AvgIpc) is 2.34. The highest BCUT2D eigenvalue weighted by Gasteiger charge is 2.63. The molecule has 1 aromatic rings. The number of benzene rings is 1. The predicted octanol–water partition coefficient (Wildman–Crippen LogP) is 1.30. The maximum atomic E-state index is 12.5. The third kappa shape index (κ3) is 1.25. The normalized spacial score (nSPS) is 38.6. The van der Waals surface area contributed by atoms with Gasteiger partial charge in [-0.05, 0) is 38.3 Å². The first-order chi connectivity index (χ1) is 8.49. The third-order valence-electron chi connectivity index (χ3n) is 4.23. The van der Waals surface area contributed by atoms with E-state index in [0.29, 0.717) is 24.2 Å². The summed E-state index contributed by atoms with van der Waals surface area (Å²) in [4.78, 5) is 12.5. The lowest BCUT2D eigenvalue weighted by molar-refractivity contribution is -0.181. The number of para-hydroxylation sites is 1.